The first kappa shape index (κ1) is 20.3. The summed E-state index contributed by atoms with van der Waals surface area (Å²) in [7, 11) is 1.51. The van der Waals surface area contributed by atoms with Gasteiger partial charge in [-0.1, -0.05) is 5.92 Å². The van der Waals surface area contributed by atoms with E-state index < -0.39 is 29.9 Å². The molecular weight excluding hydrogens is 314 g/mol. The number of amides is 1. The Morgan fingerprint density at radius 3 is 2.54 bits per heavy atom. The second-order valence-corrected chi connectivity index (χ2v) is 6.69. The molecule has 0 bridgehead atoms. The van der Waals surface area contributed by atoms with Crippen molar-refractivity contribution in [2.75, 3.05) is 27.0 Å². The quantitative estimate of drug-likeness (QED) is 0.431. The SMILES string of the molecule is C#CC(OC(C)=O)C1CCN(C(=O)OC(C)(C)C)CC1OCOC. The van der Waals surface area contributed by atoms with Crippen molar-refractivity contribution in [3.63, 3.8) is 0 Å². The van der Waals surface area contributed by atoms with Crippen LogP contribution in [0.15, 0.2) is 0 Å². The zero-order chi connectivity index (χ0) is 18.3. The first-order chi connectivity index (χ1) is 11.2. The van der Waals surface area contributed by atoms with E-state index in [0.717, 1.165) is 0 Å². The van der Waals surface area contributed by atoms with Crippen molar-refractivity contribution in [3.05, 3.63) is 0 Å². The normalized spacial score (nSPS) is 22.4. The van der Waals surface area contributed by atoms with Crippen LogP contribution in [-0.4, -0.2) is 61.8 Å². The van der Waals surface area contributed by atoms with Crippen LogP contribution in [0.1, 0.15) is 34.1 Å². The fourth-order valence-electron chi connectivity index (χ4n) is 2.53. The molecule has 3 unspecified atom stereocenters. The van der Waals surface area contributed by atoms with E-state index in [1.54, 1.807) is 4.90 Å². The molecular formula is C17H27NO6. The summed E-state index contributed by atoms with van der Waals surface area (Å²) in [5, 5.41) is 0. The Morgan fingerprint density at radius 2 is 2.04 bits per heavy atom. The molecule has 0 aliphatic carbocycles. The monoisotopic (exact) mass is 341 g/mol. The lowest BCUT2D eigenvalue weighted by Gasteiger charge is -2.40. The van der Waals surface area contributed by atoms with Gasteiger partial charge in [0.2, 0.25) is 0 Å². The summed E-state index contributed by atoms with van der Waals surface area (Å²) in [6.45, 7) is 7.54. The Morgan fingerprint density at radius 1 is 1.38 bits per heavy atom. The number of likely N-dealkylation sites (tertiary alicyclic amines) is 1. The van der Waals surface area contributed by atoms with Gasteiger partial charge in [-0.05, 0) is 27.2 Å². The highest BCUT2D eigenvalue weighted by molar-refractivity contribution is 5.68. The molecule has 0 aromatic heterocycles. The van der Waals surface area contributed by atoms with Crippen molar-refractivity contribution < 1.29 is 28.5 Å². The highest BCUT2D eigenvalue weighted by atomic mass is 16.7. The summed E-state index contributed by atoms with van der Waals surface area (Å²) < 4.78 is 21.2. The van der Waals surface area contributed by atoms with Crippen molar-refractivity contribution in [3.8, 4) is 12.3 Å². The summed E-state index contributed by atoms with van der Waals surface area (Å²) in [5.41, 5.74) is -0.574. The summed E-state index contributed by atoms with van der Waals surface area (Å²) >= 11 is 0. The van der Waals surface area contributed by atoms with Crippen LogP contribution >= 0.6 is 0 Å². The molecule has 1 saturated heterocycles. The molecule has 24 heavy (non-hydrogen) atoms. The summed E-state index contributed by atoms with van der Waals surface area (Å²) in [4.78, 5) is 25.1. The van der Waals surface area contributed by atoms with Gasteiger partial charge >= 0.3 is 12.1 Å². The average molecular weight is 341 g/mol. The molecule has 0 spiro atoms. The Balaban J connectivity index is 2.81. The molecule has 0 aromatic rings. The van der Waals surface area contributed by atoms with Crippen LogP contribution in [0.2, 0.25) is 0 Å². The standard InChI is InChI=1S/C17H27NO6/c1-7-14(23-12(2)19)13-8-9-18(10-15(13)22-11-21-6)16(20)24-17(3,4)5/h1,13-15H,8-11H2,2-6H3. The molecule has 1 rings (SSSR count). The zero-order valence-electron chi connectivity index (χ0n) is 15.0. The number of nitrogens with zero attached hydrogens (tertiary/aromatic N) is 1. The van der Waals surface area contributed by atoms with Crippen molar-refractivity contribution in [2.24, 2.45) is 5.92 Å². The second-order valence-electron chi connectivity index (χ2n) is 6.69. The van der Waals surface area contributed by atoms with Crippen molar-refractivity contribution in [1.82, 2.24) is 4.90 Å². The van der Waals surface area contributed by atoms with Gasteiger partial charge in [0.05, 0.1) is 12.6 Å². The molecule has 136 valence electrons. The van der Waals surface area contributed by atoms with Gasteiger partial charge < -0.3 is 23.8 Å². The maximum atomic E-state index is 12.2. The van der Waals surface area contributed by atoms with Gasteiger partial charge in [-0.15, -0.1) is 6.42 Å². The minimum absolute atomic E-state index is 0.0562. The Bertz CT molecular complexity index is 478. The van der Waals surface area contributed by atoms with E-state index in [-0.39, 0.29) is 12.7 Å². The number of esters is 1. The smallest absolute Gasteiger partial charge is 0.410 e. The third kappa shape index (κ3) is 6.38. The molecule has 1 amide bonds. The summed E-state index contributed by atoms with van der Waals surface area (Å²) in [5.74, 6) is 1.83. The number of terminal acetylenes is 1. The highest BCUT2D eigenvalue weighted by Crippen LogP contribution is 2.27. The van der Waals surface area contributed by atoms with Crippen molar-refractivity contribution in [2.45, 2.75) is 51.9 Å². The highest BCUT2D eigenvalue weighted by Gasteiger charge is 2.39. The third-order valence-corrected chi connectivity index (χ3v) is 3.51. The molecule has 1 heterocycles. The largest absolute Gasteiger partial charge is 0.449 e. The van der Waals surface area contributed by atoms with Gasteiger partial charge in [-0.25, -0.2) is 4.79 Å². The fourth-order valence-corrected chi connectivity index (χ4v) is 2.53. The minimum Gasteiger partial charge on any atom is -0.449 e. The van der Waals surface area contributed by atoms with E-state index in [0.29, 0.717) is 19.5 Å². The van der Waals surface area contributed by atoms with Crippen LogP contribution in [0.3, 0.4) is 0 Å². The minimum atomic E-state index is -0.704. The first-order valence-corrected chi connectivity index (χ1v) is 7.89. The van der Waals surface area contributed by atoms with Gasteiger partial charge in [0.25, 0.3) is 0 Å². The van der Waals surface area contributed by atoms with Gasteiger partial charge in [0.1, 0.15) is 12.4 Å². The van der Waals surface area contributed by atoms with Gasteiger partial charge in [0.15, 0.2) is 6.10 Å². The molecule has 7 heteroatoms. The van der Waals surface area contributed by atoms with Gasteiger partial charge in [-0.2, -0.15) is 0 Å². The molecule has 3 atom stereocenters. The van der Waals surface area contributed by atoms with Crippen LogP contribution in [0.4, 0.5) is 4.79 Å². The summed E-state index contributed by atoms with van der Waals surface area (Å²) in [6, 6.07) is 0. The number of carbonyl (C=O) groups excluding carboxylic acids is 2. The van der Waals surface area contributed by atoms with Gasteiger partial charge in [-0.3, -0.25) is 4.79 Å². The summed E-state index contributed by atoms with van der Waals surface area (Å²) in [6.07, 6.45) is 4.52. The van der Waals surface area contributed by atoms with E-state index in [2.05, 4.69) is 5.92 Å². The van der Waals surface area contributed by atoms with E-state index in [1.165, 1.54) is 14.0 Å². The Hall–Kier alpha value is -1.78. The fraction of sp³-hybridized carbons (Fsp3) is 0.765. The van der Waals surface area contributed by atoms with E-state index >= 15 is 0 Å². The molecule has 1 aliphatic heterocycles. The van der Waals surface area contributed by atoms with Crippen LogP contribution in [0, 0.1) is 18.3 Å². The van der Waals surface area contributed by atoms with Crippen LogP contribution < -0.4 is 0 Å². The third-order valence-electron chi connectivity index (χ3n) is 3.51. The number of ether oxygens (including phenoxy) is 4. The number of methoxy groups -OCH3 is 1. The first-order valence-electron chi connectivity index (χ1n) is 7.89. The lowest BCUT2D eigenvalue weighted by molar-refractivity contribution is -0.157. The molecule has 0 aromatic carbocycles. The molecule has 0 N–H and O–H groups in total. The van der Waals surface area contributed by atoms with E-state index in [1.807, 2.05) is 20.8 Å². The number of hydrogen-bond acceptors (Lipinski definition) is 6. The van der Waals surface area contributed by atoms with Crippen molar-refractivity contribution >= 4 is 12.1 Å². The predicted molar refractivity (Wildman–Crippen MR) is 87.1 cm³/mol. The molecule has 7 nitrogen and oxygen atoms in total. The van der Waals surface area contributed by atoms with Crippen molar-refractivity contribution in [1.29, 1.82) is 0 Å². The lowest BCUT2D eigenvalue weighted by Crippen LogP contribution is -2.52. The van der Waals surface area contributed by atoms with Crippen LogP contribution in [0.25, 0.3) is 0 Å². The Kier molecular flexibility index (Phi) is 7.52. The maximum absolute atomic E-state index is 12.2. The lowest BCUT2D eigenvalue weighted by atomic mass is 9.88. The van der Waals surface area contributed by atoms with Gasteiger partial charge in [0, 0.05) is 26.5 Å². The average Bonchev–Trinajstić information content (AvgIpc) is 2.48. The second kappa shape index (κ2) is 8.90. The topological polar surface area (TPSA) is 74.3 Å². The van der Waals surface area contributed by atoms with Crippen LogP contribution in [0.5, 0.6) is 0 Å². The zero-order valence-corrected chi connectivity index (χ0v) is 15.0. The van der Waals surface area contributed by atoms with Crippen LogP contribution in [-0.2, 0) is 23.7 Å². The number of piperidine rings is 1. The predicted octanol–water partition coefficient (Wildman–Crippen LogP) is 1.80. The number of carbonyl (C=O) groups is 2. The maximum Gasteiger partial charge on any atom is 0.410 e. The number of rotatable bonds is 5. The Labute approximate surface area is 143 Å². The molecule has 0 saturated carbocycles. The van der Waals surface area contributed by atoms with E-state index in [4.69, 9.17) is 25.4 Å². The molecule has 1 fully saturated rings. The van der Waals surface area contributed by atoms with E-state index in [9.17, 15) is 9.59 Å². The number of hydrogen-bond donors (Lipinski definition) is 0. The molecule has 1 aliphatic rings. The molecule has 0 radical (unpaired) electrons.